The van der Waals surface area contributed by atoms with Gasteiger partial charge in [-0.3, -0.25) is 9.78 Å². The van der Waals surface area contributed by atoms with E-state index in [0.717, 1.165) is 41.1 Å². The summed E-state index contributed by atoms with van der Waals surface area (Å²) < 4.78 is 5.38. The Morgan fingerprint density at radius 1 is 1.13 bits per heavy atom. The van der Waals surface area contributed by atoms with Gasteiger partial charge >= 0.3 is 0 Å². The number of hydrogen-bond donors (Lipinski definition) is 2. The summed E-state index contributed by atoms with van der Waals surface area (Å²) in [5.41, 5.74) is 4.68. The number of nitrogens with one attached hydrogen (secondary N) is 2. The van der Waals surface area contributed by atoms with Crippen LogP contribution in [-0.2, 0) is 4.74 Å². The first kappa shape index (κ1) is 22.0. The van der Waals surface area contributed by atoms with Crippen LogP contribution in [-0.4, -0.2) is 29.5 Å². The molecular formula is C25H28N4O2. The predicted molar refractivity (Wildman–Crippen MR) is 124 cm³/mol. The van der Waals surface area contributed by atoms with Crippen molar-refractivity contribution in [2.24, 2.45) is 0 Å². The van der Waals surface area contributed by atoms with E-state index < -0.39 is 0 Å². The number of nitrogens with zero attached hydrogens (tertiary/aromatic N) is 2. The Labute approximate surface area is 183 Å². The van der Waals surface area contributed by atoms with Gasteiger partial charge in [-0.2, -0.15) is 0 Å². The summed E-state index contributed by atoms with van der Waals surface area (Å²) in [5.74, 6) is 1.59. The minimum atomic E-state index is -0.129. The van der Waals surface area contributed by atoms with Gasteiger partial charge in [0.15, 0.2) is 0 Å². The maximum absolute atomic E-state index is 12.0. The van der Waals surface area contributed by atoms with Crippen LogP contribution in [0.3, 0.4) is 0 Å². The van der Waals surface area contributed by atoms with E-state index in [4.69, 9.17) is 4.74 Å². The average molecular weight is 417 g/mol. The van der Waals surface area contributed by atoms with Crippen molar-refractivity contribution in [3.8, 4) is 11.1 Å². The predicted octanol–water partition coefficient (Wildman–Crippen LogP) is 5.02. The number of pyridine rings is 2. The second kappa shape index (κ2) is 10.9. The third-order valence-corrected chi connectivity index (χ3v) is 4.97. The first-order valence-corrected chi connectivity index (χ1v) is 10.3. The third kappa shape index (κ3) is 6.15. The number of methoxy groups -OCH3 is 1. The molecule has 2 N–H and O–H groups in total. The lowest BCUT2D eigenvalue weighted by Crippen LogP contribution is -2.22. The number of anilines is 1. The molecule has 0 aliphatic heterocycles. The highest BCUT2D eigenvalue weighted by molar-refractivity contribution is 5.95. The molecule has 0 saturated carbocycles. The largest absolute Gasteiger partial charge is 0.501 e. The van der Waals surface area contributed by atoms with E-state index in [1.165, 1.54) is 5.57 Å². The molecule has 0 radical (unpaired) electrons. The molecule has 1 amide bonds. The smallest absolute Gasteiger partial charge is 0.252 e. The molecule has 0 bridgehead atoms. The number of aromatic nitrogens is 2. The molecule has 1 aliphatic carbocycles. The molecule has 0 aromatic carbocycles. The van der Waals surface area contributed by atoms with Gasteiger partial charge in [0.1, 0.15) is 5.82 Å². The maximum atomic E-state index is 12.0. The van der Waals surface area contributed by atoms with Crippen molar-refractivity contribution in [2.75, 3.05) is 19.0 Å². The first-order valence-electron chi connectivity index (χ1n) is 10.3. The summed E-state index contributed by atoms with van der Waals surface area (Å²) in [6.45, 7) is 4.55. The van der Waals surface area contributed by atoms with Crippen LogP contribution in [0.25, 0.3) is 11.1 Å². The van der Waals surface area contributed by atoms with Gasteiger partial charge in [-0.1, -0.05) is 18.2 Å². The minimum absolute atomic E-state index is 0.129. The zero-order chi connectivity index (χ0) is 22.1. The summed E-state index contributed by atoms with van der Waals surface area (Å²) in [4.78, 5) is 20.7. The van der Waals surface area contributed by atoms with Crippen LogP contribution >= 0.6 is 0 Å². The van der Waals surface area contributed by atoms with Crippen LogP contribution in [0.15, 0.2) is 84.2 Å². The third-order valence-electron chi connectivity index (χ3n) is 4.97. The van der Waals surface area contributed by atoms with Crippen molar-refractivity contribution in [2.45, 2.75) is 26.7 Å². The van der Waals surface area contributed by atoms with Crippen molar-refractivity contribution in [3.05, 3.63) is 89.8 Å². The van der Waals surface area contributed by atoms with Crippen LogP contribution in [0.4, 0.5) is 5.82 Å². The molecule has 2 aromatic rings. The van der Waals surface area contributed by atoms with Crippen LogP contribution in [0, 0.1) is 0 Å². The molecule has 160 valence electrons. The van der Waals surface area contributed by atoms with Gasteiger partial charge in [0.25, 0.3) is 5.91 Å². The lowest BCUT2D eigenvalue weighted by atomic mass is 10.0. The van der Waals surface area contributed by atoms with E-state index in [2.05, 4.69) is 33.6 Å². The van der Waals surface area contributed by atoms with E-state index >= 15 is 0 Å². The standard InChI is InChI=1S/C25H28N4O2/c1-4-27-25(30)22-13-21(15-26-16-22)20-10-12-24(29-17-20)28-14-18(2)19-7-5-6-8-23(31-3)11-9-19/h5-8,10,12-17H,4,9,11H2,1-3H3,(H,27,30)(H,28,29)/b6-5-,18-14+,19-7+,23-8+. The van der Waals surface area contributed by atoms with Crippen molar-refractivity contribution in [1.82, 2.24) is 15.3 Å². The SMILES string of the molecule is CCNC(=O)c1cncc(-c2ccc(N/C=C(C)/C3=C/C=C\C=C(\OC)CC3)nc2)c1. The molecule has 1 aliphatic rings. The lowest BCUT2D eigenvalue weighted by Gasteiger charge is -2.12. The van der Waals surface area contributed by atoms with Gasteiger partial charge in [-0.05, 0) is 55.7 Å². The number of carbonyl (C=O) groups is 1. The van der Waals surface area contributed by atoms with E-state index in [0.29, 0.717) is 12.1 Å². The normalized spacial score (nSPS) is 18.5. The number of rotatable bonds is 7. The van der Waals surface area contributed by atoms with E-state index in [9.17, 15) is 4.79 Å². The van der Waals surface area contributed by atoms with E-state index in [1.807, 2.05) is 49.6 Å². The molecule has 0 saturated heterocycles. The lowest BCUT2D eigenvalue weighted by molar-refractivity contribution is 0.0955. The fourth-order valence-corrected chi connectivity index (χ4v) is 3.17. The maximum Gasteiger partial charge on any atom is 0.252 e. The first-order chi connectivity index (χ1) is 15.1. The zero-order valence-corrected chi connectivity index (χ0v) is 18.2. The number of ether oxygens (including phenoxy) is 1. The Balaban J connectivity index is 1.67. The zero-order valence-electron chi connectivity index (χ0n) is 18.2. The Bertz CT molecular complexity index is 1030. The number of hydrogen-bond acceptors (Lipinski definition) is 5. The molecule has 2 aromatic heterocycles. The highest BCUT2D eigenvalue weighted by atomic mass is 16.5. The van der Waals surface area contributed by atoms with Crippen molar-refractivity contribution in [1.29, 1.82) is 0 Å². The van der Waals surface area contributed by atoms with Gasteiger partial charge in [0.05, 0.1) is 18.4 Å². The molecule has 0 atom stereocenters. The fraction of sp³-hybridized carbons (Fsp3) is 0.240. The van der Waals surface area contributed by atoms with Gasteiger partial charge < -0.3 is 15.4 Å². The molecule has 31 heavy (non-hydrogen) atoms. The van der Waals surface area contributed by atoms with Gasteiger partial charge in [-0.15, -0.1) is 0 Å². The second-order valence-corrected chi connectivity index (χ2v) is 7.14. The Morgan fingerprint density at radius 3 is 2.71 bits per heavy atom. The summed E-state index contributed by atoms with van der Waals surface area (Å²) in [7, 11) is 1.70. The number of carbonyl (C=O) groups excluding carboxylic acids is 1. The molecule has 3 rings (SSSR count). The average Bonchev–Trinajstić information content (AvgIpc) is 2.78. The van der Waals surface area contributed by atoms with Gasteiger partial charge in [-0.25, -0.2) is 4.98 Å². The summed E-state index contributed by atoms with van der Waals surface area (Å²) in [6.07, 6.45) is 17.0. The molecule has 0 spiro atoms. The van der Waals surface area contributed by atoms with E-state index in [-0.39, 0.29) is 5.91 Å². The molecule has 0 unspecified atom stereocenters. The molecule has 0 fully saturated rings. The topological polar surface area (TPSA) is 76.1 Å². The van der Waals surface area contributed by atoms with Crippen molar-refractivity contribution >= 4 is 11.7 Å². The molecule has 6 nitrogen and oxygen atoms in total. The highest BCUT2D eigenvalue weighted by Gasteiger charge is 2.08. The van der Waals surface area contributed by atoms with Gasteiger partial charge in [0.2, 0.25) is 0 Å². The van der Waals surface area contributed by atoms with Gasteiger partial charge in [0, 0.05) is 48.9 Å². The van der Waals surface area contributed by atoms with Crippen LogP contribution in [0.5, 0.6) is 0 Å². The molecule has 2 heterocycles. The van der Waals surface area contributed by atoms with E-state index in [1.54, 1.807) is 25.7 Å². The minimum Gasteiger partial charge on any atom is -0.501 e. The quantitative estimate of drug-likeness (QED) is 0.663. The van der Waals surface area contributed by atoms with Crippen LogP contribution in [0.2, 0.25) is 0 Å². The number of amides is 1. The second-order valence-electron chi connectivity index (χ2n) is 7.14. The summed E-state index contributed by atoms with van der Waals surface area (Å²) in [6, 6.07) is 5.70. The summed E-state index contributed by atoms with van der Waals surface area (Å²) in [5, 5.41) is 6.05. The fourth-order valence-electron chi connectivity index (χ4n) is 3.17. The van der Waals surface area contributed by atoms with Crippen LogP contribution < -0.4 is 10.6 Å². The van der Waals surface area contributed by atoms with Crippen molar-refractivity contribution < 1.29 is 9.53 Å². The highest BCUT2D eigenvalue weighted by Crippen LogP contribution is 2.23. The number of allylic oxidation sites excluding steroid dienone is 7. The Kier molecular flexibility index (Phi) is 7.76. The van der Waals surface area contributed by atoms with Crippen molar-refractivity contribution in [3.63, 3.8) is 0 Å². The Morgan fingerprint density at radius 2 is 1.97 bits per heavy atom. The molecule has 6 heteroatoms. The Hall–Kier alpha value is -3.67. The molecular weight excluding hydrogens is 388 g/mol. The summed E-state index contributed by atoms with van der Waals surface area (Å²) >= 11 is 0. The monoisotopic (exact) mass is 416 g/mol. The van der Waals surface area contributed by atoms with Crippen LogP contribution in [0.1, 0.15) is 37.0 Å².